The Morgan fingerprint density at radius 2 is 2.44 bits per heavy atom. The summed E-state index contributed by atoms with van der Waals surface area (Å²) in [7, 11) is 1.93. The molecule has 0 saturated heterocycles. The standard InChI is InChI=1S/C11H21N5O2/c1-9(11(12)15-17)18-8-7-13-5-3-10-4-6-14-16(10)2/h4,6,9,13,17H,3,5,7-8H2,1-2H3,(H2,12,15). The number of rotatable bonds is 8. The van der Waals surface area contributed by atoms with E-state index in [9.17, 15) is 0 Å². The van der Waals surface area contributed by atoms with Crippen LogP contribution in [0, 0.1) is 0 Å². The molecule has 0 aliphatic carbocycles. The summed E-state index contributed by atoms with van der Waals surface area (Å²) in [5.74, 6) is 0.0879. The number of ether oxygens (including phenoxy) is 1. The second-order valence-electron chi connectivity index (χ2n) is 3.98. The largest absolute Gasteiger partial charge is 0.409 e. The molecule has 0 spiro atoms. The third kappa shape index (κ3) is 4.72. The molecular weight excluding hydrogens is 234 g/mol. The van der Waals surface area contributed by atoms with E-state index in [2.05, 4.69) is 15.6 Å². The zero-order chi connectivity index (χ0) is 13.4. The van der Waals surface area contributed by atoms with Gasteiger partial charge in [0.05, 0.1) is 6.61 Å². The molecule has 1 aromatic heterocycles. The molecule has 0 aliphatic heterocycles. The summed E-state index contributed by atoms with van der Waals surface area (Å²) in [6.45, 7) is 3.84. The van der Waals surface area contributed by atoms with Crippen LogP contribution in [0.3, 0.4) is 0 Å². The minimum Gasteiger partial charge on any atom is -0.409 e. The van der Waals surface area contributed by atoms with Crippen molar-refractivity contribution in [1.82, 2.24) is 15.1 Å². The highest BCUT2D eigenvalue weighted by Gasteiger charge is 2.06. The van der Waals surface area contributed by atoms with Crippen molar-refractivity contribution >= 4 is 5.84 Å². The quantitative estimate of drug-likeness (QED) is 0.195. The molecule has 4 N–H and O–H groups in total. The topological polar surface area (TPSA) is 97.7 Å². The van der Waals surface area contributed by atoms with Crippen LogP contribution in [0.15, 0.2) is 17.4 Å². The van der Waals surface area contributed by atoms with Gasteiger partial charge in [-0.05, 0) is 13.0 Å². The number of nitrogens with one attached hydrogen (secondary N) is 1. The van der Waals surface area contributed by atoms with E-state index >= 15 is 0 Å². The first-order valence-corrected chi connectivity index (χ1v) is 5.91. The first-order chi connectivity index (χ1) is 8.65. The van der Waals surface area contributed by atoms with Crippen LogP contribution in [0.25, 0.3) is 0 Å². The Labute approximate surface area is 107 Å². The molecule has 18 heavy (non-hydrogen) atoms. The minimum absolute atomic E-state index is 0.0879. The lowest BCUT2D eigenvalue weighted by molar-refractivity contribution is 0.108. The van der Waals surface area contributed by atoms with Crippen molar-refractivity contribution in [2.45, 2.75) is 19.4 Å². The Kier molecular flexibility index (Phi) is 6.16. The Morgan fingerprint density at radius 1 is 1.67 bits per heavy atom. The average Bonchev–Trinajstić information content (AvgIpc) is 2.78. The summed E-state index contributed by atoms with van der Waals surface area (Å²) in [6, 6.07) is 2.00. The van der Waals surface area contributed by atoms with Gasteiger partial charge >= 0.3 is 0 Å². The fourth-order valence-corrected chi connectivity index (χ4v) is 1.46. The number of oxime groups is 1. The molecular formula is C11H21N5O2. The molecule has 0 fully saturated rings. The smallest absolute Gasteiger partial charge is 0.168 e. The molecule has 1 unspecified atom stereocenters. The van der Waals surface area contributed by atoms with Crippen LogP contribution < -0.4 is 11.1 Å². The van der Waals surface area contributed by atoms with Crippen LogP contribution in [0.2, 0.25) is 0 Å². The van der Waals surface area contributed by atoms with E-state index in [4.69, 9.17) is 15.7 Å². The second-order valence-corrected chi connectivity index (χ2v) is 3.98. The summed E-state index contributed by atoms with van der Waals surface area (Å²) >= 11 is 0. The molecule has 0 radical (unpaired) electrons. The molecule has 0 saturated carbocycles. The predicted octanol–water partition coefficient (Wildman–Crippen LogP) is -0.296. The molecule has 1 rings (SSSR count). The van der Waals surface area contributed by atoms with Gasteiger partial charge in [0, 0.05) is 38.4 Å². The molecule has 102 valence electrons. The normalized spacial score (nSPS) is 13.8. The fourth-order valence-electron chi connectivity index (χ4n) is 1.46. The molecule has 0 aliphatic rings. The number of aryl methyl sites for hydroxylation is 1. The summed E-state index contributed by atoms with van der Waals surface area (Å²) in [5, 5.41) is 18.7. The van der Waals surface area contributed by atoms with Crippen molar-refractivity contribution in [2.24, 2.45) is 17.9 Å². The van der Waals surface area contributed by atoms with Crippen molar-refractivity contribution in [3.8, 4) is 0 Å². The van der Waals surface area contributed by atoms with Crippen molar-refractivity contribution in [1.29, 1.82) is 0 Å². The Bertz CT molecular complexity index is 377. The van der Waals surface area contributed by atoms with Crippen LogP contribution >= 0.6 is 0 Å². The minimum atomic E-state index is -0.367. The second kappa shape index (κ2) is 7.67. The van der Waals surface area contributed by atoms with Crippen LogP contribution in [0.5, 0.6) is 0 Å². The van der Waals surface area contributed by atoms with Gasteiger partial charge in [-0.3, -0.25) is 4.68 Å². The van der Waals surface area contributed by atoms with Gasteiger partial charge < -0.3 is 21.0 Å². The molecule has 1 aromatic rings. The summed E-state index contributed by atoms with van der Waals surface area (Å²) in [5.41, 5.74) is 6.57. The monoisotopic (exact) mass is 255 g/mol. The van der Waals surface area contributed by atoms with Gasteiger partial charge in [-0.15, -0.1) is 0 Å². The van der Waals surface area contributed by atoms with E-state index in [1.165, 1.54) is 5.69 Å². The maximum absolute atomic E-state index is 8.44. The lowest BCUT2D eigenvalue weighted by atomic mass is 10.3. The summed E-state index contributed by atoms with van der Waals surface area (Å²) < 4.78 is 7.22. The SMILES string of the molecule is CC(OCCNCCc1ccnn1C)C(N)=NO. The zero-order valence-corrected chi connectivity index (χ0v) is 10.8. The van der Waals surface area contributed by atoms with E-state index in [1.54, 1.807) is 13.1 Å². The van der Waals surface area contributed by atoms with Gasteiger partial charge in [-0.25, -0.2) is 0 Å². The van der Waals surface area contributed by atoms with Crippen molar-refractivity contribution < 1.29 is 9.94 Å². The average molecular weight is 255 g/mol. The van der Waals surface area contributed by atoms with Gasteiger partial charge in [-0.2, -0.15) is 5.10 Å². The highest BCUT2D eigenvalue weighted by atomic mass is 16.5. The molecule has 0 aromatic carbocycles. The van der Waals surface area contributed by atoms with Gasteiger partial charge in [0.2, 0.25) is 0 Å². The summed E-state index contributed by atoms with van der Waals surface area (Å²) in [4.78, 5) is 0. The van der Waals surface area contributed by atoms with E-state index in [0.717, 1.165) is 19.5 Å². The Hall–Kier alpha value is -1.60. The highest BCUT2D eigenvalue weighted by molar-refractivity contribution is 5.83. The highest BCUT2D eigenvalue weighted by Crippen LogP contribution is 1.96. The number of nitrogens with two attached hydrogens (primary N) is 1. The van der Waals surface area contributed by atoms with Crippen LogP contribution in [0.1, 0.15) is 12.6 Å². The van der Waals surface area contributed by atoms with Crippen LogP contribution in [-0.2, 0) is 18.2 Å². The van der Waals surface area contributed by atoms with Crippen LogP contribution in [0.4, 0.5) is 0 Å². The van der Waals surface area contributed by atoms with E-state index in [1.807, 2.05) is 17.8 Å². The summed E-state index contributed by atoms with van der Waals surface area (Å²) in [6.07, 6.45) is 2.34. The van der Waals surface area contributed by atoms with E-state index < -0.39 is 0 Å². The first kappa shape index (κ1) is 14.5. The predicted molar refractivity (Wildman–Crippen MR) is 68.6 cm³/mol. The zero-order valence-electron chi connectivity index (χ0n) is 10.8. The number of amidine groups is 1. The lowest BCUT2D eigenvalue weighted by Gasteiger charge is -2.11. The van der Waals surface area contributed by atoms with Crippen molar-refractivity contribution in [3.63, 3.8) is 0 Å². The van der Waals surface area contributed by atoms with Gasteiger partial charge in [0.15, 0.2) is 5.84 Å². The lowest BCUT2D eigenvalue weighted by Crippen LogP contribution is -2.31. The number of nitrogens with zero attached hydrogens (tertiary/aromatic N) is 3. The maximum atomic E-state index is 8.44. The van der Waals surface area contributed by atoms with E-state index in [-0.39, 0.29) is 11.9 Å². The van der Waals surface area contributed by atoms with E-state index in [0.29, 0.717) is 6.61 Å². The molecule has 7 heteroatoms. The fraction of sp³-hybridized carbons (Fsp3) is 0.636. The number of hydrogen-bond acceptors (Lipinski definition) is 5. The maximum Gasteiger partial charge on any atom is 0.168 e. The molecule has 1 heterocycles. The third-order valence-electron chi connectivity index (χ3n) is 2.66. The number of hydrogen-bond donors (Lipinski definition) is 3. The first-order valence-electron chi connectivity index (χ1n) is 5.91. The molecule has 0 bridgehead atoms. The van der Waals surface area contributed by atoms with Crippen LogP contribution in [-0.4, -0.2) is 46.6 Å². The van der Waals surface area contributed by atoms with Gasteiger partial charge in [0.25, 0.3) is 0 Å². The van der Waals surface area contributed by atoms with Crippen molar-refractivity contribution in [2.75, 3.05) is 19.7 Å². The third-order valence-corrected chi connectivity index (χ3v) is 2.66. The van der Waals surface area contributed by atoms with Gasteiger partial charge in [-0.1, -0.05) is 5.16 Å². The van der Waals surface area contributed by atoms with Gasteiger partial charge in [0.1, 0.15) is 6.10 Å². The Balaban J connectivity index is 2.04. The molecule has 0 amide bonds. The molecule has 7 nitrogen and oxygen atoms in total. The molecule has 1 atom stereocenters. The Morgan fingerprint density at radius 3 is 3.06 bits per heavy atom. The number of aromatic nitrogens is 2. The van der Waals surface area contributed by atoms with Crippen molar-refractivity contribution in [3.05, 3.63) is 18.0 Å².